The van der Waals surface area contributed by atoms with Crippen LogP contribution in [0.5, 0.6) is 0 Å². The van der Waals surface area contributed by atoms with E-state index in [9.17, 15) is 19.2 Å². The molecular weight excluding hydrogens is 448 g/mol. The molecule has 1 rings (SSSR count). The van der Waals surface area contributed by atoms with Gasteiger partial charge in [0.25, 0.3) is 0 Å². The number of nitrogens with two attached hydrogens (primary N) is 1. The maximum atomic E-state index is 13.9. The summed E-state index contributed by atoms with van der Waals surface area (Å²) in [5.74, 6) is -1.78. The van der Waals surface area contributed by atoms with Crippen molar-refractivity contribution < 1.29 is 23.9 Å². The van der Waals surface area contributed by atoms with Gasteiger partial charge in [-0.2, -0.15) is 0 Å². The van der Waals surface area contributed by atoms with Gasteiger partial charge in [0.1, 0.15) is 17.7 Å². The predicted octanol–water partition coefficient (Wildman–Crippen LogP) is 3.29. The van der Waals surface area contributed by atoms with E-state index in [-0.39, 0.29) is 11.9 Å². The molecule has 0 saturated heterocycles. The van der Waals surface area contributed by atoms with E-state index >= 15 is 0 Å². The van der Waals surface area contributed by atoms with Crippen LogP contribution in [-0.4, -0.2) is 52.4 Å². The lowest BCUT2D eigenvalue weighted by molar-refractivity contribution is -0.146. The van der Waals surface area contributed by atoms with Gasteiger partial charge in [0.15, 0.2) is 0 Å². The summed E-state index contributed by atoms with van der Waals surface area (Å²) in [5.41, 5.74) is 5.94. The van der Waals surface area contributed by atoms with Crippen molar-refractivity contribution in [1.82, 2.24) is 15.5 Å². The Kier molecular flexibility index (Phi) is 11.0. The zero-order valence-corrected chi connectivity index (χ0v) is 21.9. The van der Waals surface area contributed by atoms with E-state index in [1.54, 1.807) is 52.0 Å². The van der Waals surface area contributed by atoms with Gasteiger partial charge in [0.05, 0.1) is 6.42 Å². The number of primary amides is 1. The summed E-state index contributed by atoms with van der Waals surface area (Å²) in [5, 5.41) is 5.35. The third-order valence-electron chi connectivity index (χ3n) is 5.13. The molecule has 0 heterocycles. The van der Waals surface area contributed by atoms with Gasteiger partial charge in [-0.05, 0) is 65.2 Å². The smallest absolute Gasteiger partial charge is 0.408 e. The highest BCUT2D eigenvalue weighted by Gasteiger charge is 2.39. The zero-order valence-electron chi connectivity index (χ0n) is 21.9. The van der Waals surface area contributed by atoms with Crippen LogP contribution in [0.2, 0.25) is 0 Å². The van der Waals surface area contributed by atoms with Crippen LogP contribution in [0.25, 0.3) is 6.08 Å². The molecule has 35 heavy (non-hydrogen) atoms. The molecule has 0 aromatic heterocycles. The zero-order chi connectivity index (χ0) is 26.9. The minimum absolute atomic E-state index is 0.178. The molecule has 0 aliphatic heterocycles. The number of nitrogens with zero attached hydrogens (tertiary/aromatic N) is 1. The van der Waals surface area contributed by atoms with Crippen molar-refractivity contribution in [3.63, 3.8) is 0 Å². The molecule has 1 aromatic carbocycles. The van der Waals surface area contributed by atoms with E-state index in [0.717, 1.165) is 5.56 Å². The second-order valence-corrected chi connectivity index (χ2v) is 9.81. The molecule has 3 atom stereocenters. The highest BCUT2D eigenvalue weighted by molar-refractivity contribution is 5.94. The minimum atomic E-state index is -1.31. The SMILES string of the molecule is C=Cc1cccc(C(C(=O)NC(C)C)N(C(=O)C(CC(N)=O)NC(=O)OC(C)(C)C)C(C)CC)c1. The Morgan fingerprint density at radius 3 is 2.26 bits per heavy atom. The summed E-state index contributed by atoms with van der Waals surface area (Å²) in [6, 6.07) is 4.24. The first-order chi connectivity index (χ1) is 16.2. The standard InChI is InChI=1S/C26H40N4O5/c1-9-17(5)30(24(33)20(15-21(27)31)29-25(34)35-26(6,7)8)22(23(32)28-16(3)4)19-13-11-12-18(10-2)14-19/h10-14,16-17,20,22H,2,9,15H2,1,3-8H3,(H2,27,31)(H,28,32)(H,29,34). The van der Waals surface area contributed by atoms with E-state index in [0.29, 0.717) is 12.0 Å². The van der Waals surface area contributed by atoms with Crippen molar-refractivity contribution in [2.45, 2.75) is 91.1 Å². The molecule has 0 fully saturated rings. The highest BCUT2D eigenvalue weighted by atomic mass is 16.6. The monoisotopic (exact) mass is 488 g/mol. The van der Waals surface area contributed by atoms with E-state index < -0.39 is 48.1 Å². The molecule has 0 radical (unpaired) electrons. The fourth-order valence-electron chi connectivity index (χ4n) is 3.48. The maximum absolute atomic E-state index is 13.9. The van der Waals surface area contributed by atoms with Crippen LogP contribution in [0, 0.1) is 0 Å². The average Bonchev–Trinajstić information content (AvgIpc) is 2.73. The number of carbonyl (C=O) groups is 4. The van der Waals surface area contributed by atoms with Crippen LogP contribution < -0.4 is 16.4 Å². The van der Waals surface area contributed by atoms with Gasteiger partial charge in [-0.1, -0.05) is 37.8 Å². The minimum Gasteiger partial charge on any atom is -0.444 e. The summed E-state index contributed by atoms with van der Waals surface area (Å²) in [6.07, 6.45) is 0.860. The van der Waals surface area contributed by atoms with Gasteiger partial charge >= 0.3 is 6.09 Å². The molecule has 9 heteroatoms. The van der Waals surface area contributed by atoms with Crippen molar-refractivity contribution >= 4 is 29.9 Å². The third-order valence-corrected chi connectivity index (χ3v) is 5.13. The van der Waals surface area contributed by atoms with Gasteiger partial charge in [0.2, 0.25) is 17.7 Å². The Balaban J connectivity index is 3.58. The molecule has 0 spiro atoms. The Morgan fingerprint density at radius 2 is 1.77 bits per heavy atom. The lowest BCUT2D eigenvalue weighted by atomic mass is 9.97. The number of benzene rings is 1. The Labute approximate surface area is 208 Å². The molecule has 0 saturated carbocycles. The number of amides is 4. The molecule has 3 unspecified atom stereocenters. The molecule has 4 N–H and O–H groups in total. The van der Waals surface area contributed by atoms with Gasteiger partial charge in [-0.15, -0.1) is 0 Å². The fourth-order valence-corrected chi connectivity index (χ4v) is 3.48. The number of hydrogen-bond acceptors (Lipinski definition) is 5. The number of hydrogen-bond donors (Lipinski definition) is 3. The van der Waals surface area contributed by atoms with Crippen molar-refractivity contribution in [2.24, 2.45) is 5.73 Å². The predicted molar refractivity (Wildman–Crippen MR) is 136 cm³/mol. The van der Waals surface area contributed by atoms with E-state index in [1.807, 2.05) is 26.8 Å². The molecule has 0 aliphatic rings. The first-order valence-electron chi connectivity index (χ1n) is 11.8. The number of ether oxygens (including phenoxy) is 1. The van der Waals surface area contributed by atoms with Gasteiger partial charge in [-0.25, -0.2) is 4.79 Å². The number of rotatable bonds is 11. The molecule has 0 aliphatic carbocycles. The topological polar surface area (TPSA) is 131 Å². The molecule has 4 amide bonds. The van der Waals surface area contributed by atoms with Crippen LogP contribution in [0.15, 0.2) is 30.8 Å². The van der Waals surface area contributed by atoms with E-state index in [4.69, 9.17) is 10.5 Å². The third kappa shape index (κ3) is 9.42. The van der Waals surface area contributed by atoms with Gasteiger partial charge in [-0.3, -0.25) is 14.4 Å². The lowest BCUT2D eigenvalue weighted by Crippen LogP contribution is -2.56. The Hall–Kier alpha value is -3.36. The van der Waals surface area contributed by atoms with Crippen LogP contribution in [0.3, 0.4) is 0 Å². The maximum Gasteiger partial charge on any atom is 0.408 e. The molecular formula is C26H40N4O5. The summed E-state index contributed by atoms with van der Waals surface area (Å²) in [6.45, 7) is 16.2. The summed E-state index contributed by atoms with van der Waals surface area (Å²) >= 11 is 0. The Morgan fingerprint density at radius 1 is 1.14 bits per heavy atom. The molecule has 9 nitrogen and oxygen atoms in total. The molecule has 194 valence electrons. The van der Waals surface area contributed by atoms with Gasteiger partial charge in [0, 0.05) is 12.1 Å². The molecule has 0 bridgehead atoms. The second-order valence-electron chi connectivity index (χ2n) is 9.81. The van der Waals surface area contributed by atoms with Crippen molar-refractivity contribution in [1.29, 1.82) is 0 Å². The largest absolute Gasteiger partial charge is 0.444 e. The first-order valence-corrected chi connectivity index (χ1v) is 11.8. The summed E-state index contributed by atoms with van der Waals surface area (Å²) in [4.78, 5) is 53.0. The summed E-state index contributed by atoms with van der Waals surface area (Å²) in [7, 11) is 0. The first kappa shape index (κ1) is 29.7. The van der Waals surface area contributed by atoms with E-state index in [1.165, 1.54) is 4.90 Å². The van der Waals surface area contributed by atoms with Crippen LogP contribution in [0.4, 0.5) is 4.79 Å². The number of nitrogens with one attached hydrogen (secondary N) is 2. The number of carbonyl (C=O) groups excluding carboxylic acids is 4. The van der Waals surface area contributed by atoms with Crippen LogP contribution in [-0.2, 0) is 19.1 Å². The van der Waals surface area contributed by atoms with E-state index in [2.05, 4.69) is 17.2 Å². The normalized spacial score (nSPS) is 13.8. The van der Waals surface area contributed by atoms with Crippen LogP contribution in [0.1, 0.15) is 78.5 Å². The summed E-state index contributed by atoms with van der Waals surface area (Å²) < 4.78 is 5.28. The fraction of sp³-hybridized carbons (Fsp3) is 0.538. The van der Waals surface area contributed by atoms with Crippen LogP contribution >= 0.6 is 0 Å². The van der Waals surface area contributed by atoms with Crippen molar-refractivity contribution in [3.8, 4) is 0 Å². The Bertz CT molecular complexity index is 923. The van der Waals surface area contributed by atoms with Gasteiger partial charge < -0.3 is 26.0 Å². The highest BCUT2D eigenvalue weighted by Crippen LogP contribution is 2.27. The number of alkyl carbamates (subject to hydrolysis) is 1. The van der Waals surface area contributed by atoms with Crippen molar-refractivity contribution in [3.05, 3.63) is 42.0 Å². The second kappa shape index (κ2) is 12.9. The van der Waals surface area contributed by atoms with Crippen molar-refractivity contribution in [2.75, 3.05) is 0 Å². The lowest BCUT2D eigenvalue weighted by Gasteiger charge is -2.38. The molecule has 1 aromatic rings. The quantitative estimate of drug-likeness (QED) is 0.440. The average molecular weight is 489 g/mol.